The lowest BCUT2D eigenvalue weighted by Gasteiger charge is -2.31. The fraction of sp³-hybridized carbons (Fsp3) is 0.273. The largest absolute Gasteiger partial charge is 0.504 e. The van der Waals surface area contributed by atoms with E-state index in [1.54, 1.807) is 36.9 Å². The summed E-state index contributed by atoms with van der Waals surface area (Å²) in [6.07, 6.45) is 1.55. The third-order valence-corrected chi connectivity index (χ3v) is 5.94. The van der Waals surface area contributed by atoms with Crippen LogP contribution in [0, 0.1) is 5.92 Å². The molecule has 2 aromatic rings. The van der Waals surface area contributed by atoms with Crippen LogP contribution in [0.15, 0.2) is 69.5 Å². The van der Waals surface area contributed by atoms with Crippen molar-refractivity contribution in [3.8, 4) is 11.5 Å². The first-order valence-electron chi connectivity index (χ1n) is 9.70. The van der Waals surface area contributed by atoms with Crippen molar-refractivity contribution >= 4 is 23.4 Å². The van der Waals surface area contributed by atoms with Crippen LogP contribution in [0.3, 0.4) is 0 Å². The molecular formula is C22H23N3O4S. The number of thioether (sulfide) groups is 1. The number of esters is 1. The predicted molar refractivity (Wildman–Crippen MR) is 115 cm³/mol. The Bertz CT molecular complexity index is 993. The van der Waals surface area contributed by atoms with E-state index in [0.717, 1.165) is 15.5 Å². The standard InChI is InChI=1S/C22H23N3O4S/c1-3-29-22(27)16-13-23-25-20(30-15-7-5-4-6-8-15)12-17(24-21(16)25)14-9-10-18(26)19(11-14)28-2/h4-12,16,21,23,26H,3,13H2,1-2H3. The molecule has 4 rings (SSSR count). The van der Waals surface area contributed by atoms with Crippen molar-refractivity contribution in [1.82, 2.24) is 10.4 Å². The van der Waals surface area contributed by atoms with E-state index in [-0.39, 0.29) is 11.7 Å². The summed E-state index contributed by atoms with van der Waals surface area (Å²) in [6.45, 7) is 2.58. The fourth-order valence-electron chi connectivity index (χ4n) is 3.43. The number of hydrogen-bond acceptors (Lipinski definition) is 8. The maximum Gasteiger partial charge on any atom is 0.314 e. The van der Waals surface area contributed by atoms with Crippen molar-refractivity contribution in [1.29, 1.82) is 0 Å². The summed E-state index contributed by atoms with van der Waals surface area (Å²) in [7, 11) is 1.51. The first-order chi connectivity index (χ1) is 14.6. The molecule has 0 aromatic heterocycles. The molecule has 7 nitrogen and oxygen atoms in total. The number of rotatable bonds is 6. The molecule has 0 amide bonds. The van der Waals surface area contributed by atoms with Gasteiger partial charge in [-0.3, -0.25) is 14.8 Å². The molecule has 0 spiro atoms. The number of ether oxygens (including phenoxy) is 2. The second-order valence-corrected chi connectivity index (χ2v) is 7.90. The Balaban J connectivity index is 1.73. The van der Waals surface area contributed by atoms with Crippen LogP contribution in [0.4, 0.5) is 0 Å². The smallest absolute Gasteiger partial charge is 0.314 e. The van der Waals surface area contributed by atoms with Gasteiger partial charge in [-0.15, -0.1) is 0 Å². The van der Waals surface area contributed by atoms with E-state index in [0.29, 0.717) is 24.6 Å². The average molecular weight is 426 g/mol. The Kier molecular flexibility index (Phi) is 5.96. The van der Waals surface area contributed by atoms with E-state index in [1.165, 1.54) is 7.11 Å². The summed E-state index contributed by atoms with van der Waals surface area (Å²) in [6, 6.07) is 15.1. The zero-order chi connectivity index (χ0) is 21.1. The Morgan fingerprint density at radius 3 is 2.83 bits per heavy atom. The number of carbonyl (C=O) groups is 1. The number of benzene rings is 2. The zero-order valence-corrected chi connectivity index (χ0v) is 17.6. The van der Waals surface area contributed by atoms with Crippen LogP contribution in [0.25, 0.3) is 0 Å². The van der Waals surface area contributed by atoms with Gasteiger partial charge in [-0.25, -0.2) is 5.43 Å². The van der Waals surface area contributed by atoms with Gasteiger partial charge in [0.2, 0.25) is 0 Å². The van der Waals surface area contributed by atoms with Crippen LogP contribution in [0.5, 0.6) is 11.5 Å². The predicted octanol–water partition coefficient (Wildman–Crippen LogP) is 3.16. The first kappa shape index (κ1) is 20.3. The summed E-state index contributed by atoms with van der Waals surface area (Å²) in [4.78, 5) is 18.4. The number of nitrogens with zero attached hydrogens (tertiary/aromatic N) is 2. The maximum atomic E-state index is 12.5. The van der Waals surface area contributed by atoms with Gasteiger partial charge in [-0.1, -0.05) is 30.0 Å². The molecule has 0 radical (unpaired) electrons. The third kappa shape index (κ3) is 4.01. The monoisotopic (exact) mass is 425 g/mol. The molecule has 2 aromatic carbocycles. The van der Waals surface area contributed by atoms with Gasteiger partial charge in [-0.05, 0) is 43.3 Å². The van der Waals surface area contributed by atoms with Gasteiger partial charge in [0.15, 0.2) is 17.7 Å². The molecule has 2 atom stereocenters. The molecule has 2 heterocycles. The molecule has 1 fully saturated rings. The Labute approximate surface area is 179 Å². The van der Waals surface area contributed by atoms with E-state index in [1.807, 2.05) is 41.4 Å². The van der Waals surface area contributed by atoms with Crippen LogP contribution in [0.2, 0.25) is 0 Å². The van der Waals surface area contributed by atoms with Crippen molar-refractivity contribution < 1.29 is 19.4 Å². The summed E-state index contributed by atoms with van der Waals surface area (Å²) in [5, 5.41) is 12.8. The Hall–Kier alpha value is -2.97. The summed E-state index contributed by atoms with van der Waals surface area (Å²) in [5.74, 6) is -0.252. The van der Waals surface area contributed by atoms with Crippen molar-refractivity contribution in [2.24, 2.45) is 10.9 Å². The Morgan fingerprint density at radius 2 is 2.10 bits per heavy atom. The minimum Gasteiger partial charge on any atom is -0.504 e. The number of methoxy groups -OCH3 is 1. The van der Waals surface area contributed by atoms with Gasteiger partial charge >= 0.3 is 5.97 Å². The first-order valence-corrected chi connectivity index (χ1v) is 10.5. The molecule has 8 heteroatoms. The SMILES string of the molecule is CCOC(=O)C1CNN2C(Sc3ccccc3)=CC(c3ccc(O)c(OC)c3)=NC12. The van der Waals surface area contributed by atoms with Crippen molar-refractivity contribution in [3.63, 3.8) is 0 Å². The number of nitrogens with one attached hydrogen (secondary N) is 1. The molecule has 2 aliphatic heterocycles. The highest BCUT2D eigenvalue weighted by Crippen LogP contribution is 2.37. The van der Waals surface area contributed by atoms with Gasteiger partial charge in [0.1, 0.15) is 5.92 Å². The van der Waals surface area contributed by atoms with E-state index in [2.05, 4.69) is 5.43 Å². The molecule has 2 N–H and O–H groups in total. The van der Waals surface area contributed by atoms with Gasteiger partial charge in [0.25, 0.3) is 0 Å². The number of fused-ring (bicyclic) bond motifs is 1. The number of phenols is 1. The summed E-state index contributed by atoms with van der Waals surface area (Å²) >= 11 is 1.59. The molecule has 1 saturated heterocycles. The van der Waals surface area contributed by atoms with Gasteiger partial charge in [0, 0.05) is 17.0 Å². The summed E-state index contributed by atoms with van der Waals surface area (Å²) in [5.41, 5.74) is 4.80. The van der Waals surface area contributed by atoms with Gasteiger partial charge in [-0.2, -0.15) is 0 Å². The van der Waals surface area contributed by atoms with Crippen molar-refractivity contribution in [2.45, 2.75) is 18.0 Å². The normalized spacial score (nSPS) is 20.3. The quantitative estimate of drug-likeness (QED) is 0.688. The number of phenolic OH excluding ortho intramolecular Hbond substituents is 1. The van der Waals surface area contributed by atoms with Crippen LogP contribution >= 0.6 is 11.8 Å². The van der Waals surface area contributed by atoms with Crippen LogP contribution < -0.4 is 10.2 Å². The molecule has 0 saturated carbocycles. The molecule has 156 valence electrons. The highest BCUT2D eigenvalue weighted by Gasteiger charge is 2.43. The van der Waals surface area contributed by atoms with E-state index in [4.69, 9.17) is 14.5 Å². The molecule has 0 bridgehead atoms. The van der Waals surface area contributed by atoms with Crippen LogP contribution in [0.1, 0.15) is 12.5 Å². The lowest BCUT2D eigenvalue weighted by atomic mass is 10.0. The lowest BCUT2D eigenvalue weighted by Crippen LogP contribution is -2.40. The number of hydrazine groups is 1. The van der Waals surface area contributed by atoms with Crippen molar-refractivity contribution in [3.05, 3.63) is 65.2 Å². The third-order valence-electron chi connectivity index (χ3n) is 4.91. The fourth-order valence-corrected chi connectivity index (χ4v) is 4.41. The number of allylic oxidation sites excluding steroid dienone is 1. The van der Waals surface area contributed by atoms with Crippen LogP contribution in [-0.4, -0.2) is 48.2 Å². The second-order valence-electron chi connectivity index (χ2n) is 6.80. The minimum atomic E-state index is -0.421. The molecule has 30 heavy (non-hydrogen) atoms. The van der Waals surface area contributed by atoms with Gasteiger partial charge < -0.3 is 14.6 Å². The lowest BCUT2D eigenvalue weighted by molar-refractivity contribution is -0.148. The van der Waals surface area contributed by atoms with Crippen LogP contribution in [-0.2, 0) is 9.53 Å². The average Bonchev–Trinajstić information content (AvgIpc) is 3.19. The van der Waals surface area contributed by atoms with E-state index < -0.39 is 12.1 Å². The summed E-state index contributed by atoms with van der Waals surface area (Å²) < 4.78 is 10.5. The Morgan fingerprint density at radius 1 is 1.30 bits per heavy atom. The van der Waals surface area contributed by atoms with Gasteiger partial charge in [0.05, 0.1) is 24.5 Å². The molecule has 0 aliphatic carbocycles. The highest BCUT2D eigenvalue weighted by molar-refractivity contribution is 8.03. The zero-order valence-electron chi connectivity index (χ0n) is 16.7. The van der Waals surface area contributed by atoms with Crippen molar-refractivity contribution in [2.75, 3.05) is 20.3 Å². The van der Waals surface area contributed by atoms with E-state index >= 15 is 0 Å². The number of aliphatic imine (C=N–C) groups is 1. The topological polar surface area (TPSA) is 83.4 Å². The highest BCUT2D eigenvalue weighted by atomic mass is 32.2. The van der Waals surface area contributed by atoms with E-state index in [9.17, 15) is 9.90 Å². The number of hydrogen-bond donors (Lipinski definition) is 2. The second kappa shape index (κ2) is 8.81. The molecule has 2 aliphatic rings. The molecular weight excluding hydrogens is 402 g/mol. The molecule has 2 unspecified atom stereocenters. The number of carbonyl (C=O) groups excluding carboxylic acids is 1. The number of aromatic hydroxyl groups is 1. The maximum absolute atomic E-state index is 12.5. The minimum absolute atomic E-state index is 0.0640.